The van der Waals surface area contributed by atoms with E-state index in [0.29, 0.717) is 16.5 Å². The quantitative estimate of drug-likeness (QED) is 0.617. The van der Waals surface area contributed by atoms with Gasteiger partial charge in [0.1, 0.15) is 18.4 Å². The normalized spacial score (nSPS) is 16.2. The maximum absolute atomic E-state index is 12.9. The molecule has 4 amide bonds. The van der Waals surface area contributed by atoms with Gasteiger partial charge in [0.05, 0.1) is 11.4 Å². The highest BCUT2D eigenvalue weighted by atomic mass is 35.5. The highest BCUT2D eigenvalue weighted by Gasteiger charge is 2.44. The Morgan fingerprint density at radius 3 is 2.42 bits per heavy atom. The number of urea groups is 1. The summed E-state index contributed by atoms with van der Waals surface area (Å²) in [7, 11) is 0. The highest BCUT2D eigenvalue weighted by molar-refractivity contribution is 6.30. The van der Waals surface area contributed by atoms with Gasteiger partial charge in [-0.05, 0) is 50.2 Å². The van der Waals surface area contributed by atoms with Crippen LogP contribution in [0, 0.1) is 6.92 Å². The zero-order valence-electron chi connectivity index (χ0n) is 16.9. The van der Waals surface area contributed by atoms with Crippen LogP contribution in [-0.4, -0.2) is 45.1 Å². The molecule has 31 heavy (non-hydrogen) atoms. The van der Waals surface area contributed by atoms with Crippen LogP contribution < -0.4 is 10.2 Å². The van der Waals surface area contributed by atoms with Crippen LogP contribution in [0.3, 0.4) is 0 Å². The lowest BCUT2D eigenvalue weighted by molar-refractivity contribution is -0.130. The molecule has 0 aliphatic carbocycles. The number of carbonyl (C=O) groups is 3. The van der Waals surface area contributed by atoms with Crippen molar-refractivity contribution in [1.82, 2.24) is 14.7 Å². The first-order valence-corrected chi connectivity index (χ1v) is 10.0. The number of nitrogens with one attached hydrogen (secondary N) is 1. The number of imide groups is 1. The number of halogens is 1. The van der Waals surface area contributed by atoms with Crippen molar-refractivity contribution in [3.8, 4) is 5.69 Å². The zero-order chi connectivity index (χ0) is 22.1. The van der Waals surface area contributed by atoms with Crippen molar-refractivity contribution in [3.63, 3.8) is 0 Å². The maximum Gasteiger partial charge on any atom is 0.332 e. The third-order valence-corrected chi connectivity index (χ3v) is 5.21. The van der Waals surface area contributed by atoms with Gasteiger partial charge in [-0.15, -0.1) is 0 Å². The third kappa shape index (κ3) is 4.02. The van der Waals surface area contributed by atoms with E-state index in [1.807, 2.05) is 37.3 Å². The molecule has 0 unspecified atom stereocenters. The Labute approximate surface area is 184 Å². The minimum absolute atomic E-state index is 0.398. The summed E-state index contributed by atoms with van der Waals surface area (Å²) < 4.78 is 1.60. The summed E-state index contributed by atoms with van der Waals surface area (Å²) in [4.78, 5) is 40.6. The van der Waals surface area contributed by atoms with Gasteiger partial charge >= 0.3 is 6.03 Å². The second-order valence-electron chi connectivity index (χ2n) is 7.20. The lowest BCUT2D eigenvalue weighted by atomic mass is 10.2. The number of aryl methyl sites for hydroxylation is 1. The molecule has 4 rings (SSSR count). The second kappa shape index (κ2) is 8.23. The monoisotopic (exact) mass is 437 g/mol. The van der Waals surface area contributed by atoms with Gasteiger partial charge in [0.2, 0.25) is 5.91 Å². The maximum atomic E-state index is 12.9. The number of nitrogens with zero attached hydrogens (tertiary/aromatic N) is 4. The largest absolute Gasteiger partial charge is 0.332 e. The van der Waals surface area contributed by atoms with Crippen LogP contribution in [0.2, 0.25) is 5.02 Å². The summed E-state index contributed by atoms with van der Waals surface area (Å²) >= 11 is 5.91. The molecule has 9 heteroatoms. The lowest BCUT2D eigenvalue weighted by Gasteiger charge is -2.19. The number of para-hydroxylation sites is 1. The molecule has 1 aliphatic heterocycles. The molecule has 0 saturated carbocycles. The molecule has 2 heterocycles. The van der Waals surface area contributed by atoms with E-state index in [9.17, 15) is 14.4 Å². The fraction of sp³-hybridized carbons (Fsp3) is 0.182. The Morgan fingerprint density at radius 2 is 1.74 bits per heavy atom. The van der Waals surface area contributed by atoms with Crippen LogP contribution in [0.1, 0.15) is 12.6 Å². The summed E-state index contributed by atoms with van der Waals surface area (Å²) in [5.41, 5.74) is 2.03. The van der Waals surface area contributed by atoms with E-state index >= 15 is 0 Å². The molecule has 1 aromatic heterocycles. The van der Waals surface area contributed by atoms with Gasteiger partial charge < -0.3 is 5.32 Å². The van der Waals surface area contributed by atoms with Crippen molar-refractivity contribution < 1.29 is 14.4 Å². The molecule has 1 fully saturated rings. The van der Waals surface area contributed by atoms with Crippen molar-refractivity contribution in [1.29, 1.82) is 0 Å². The number of anilines is 2. The minimum Gasteiger partial charge on any atom is -0.309 e. The fourth-order valence-corrected chi connectivity index (χ4v) is 3.61. The molecule has 8 nitrogen and oxygen atoms in total. The van der Waals surface area contributed by atoms with E-state index in [1.54, 1.807) is 41.9 Å². The van der Waals surface area contributed by atoms with E-state index in [0.717, 1.165) is 16.3 Å². The average Bonchev–Trinajstić information content (AvgIpc) is 3.22. The van der Waals surface area contributed by atoms with Crippen molar-refractivity contribution in [2.24, 2.45) is 0 Å². The standard InChI is InChI=1S/C22H20ClN5O3/c1-14-12-19(28(25-14)18-6-4-3-5-7-18)24-20(29)13-26-21(30)15(2)27(22(26)31)17-10-8-16(23)9-11-17/h3-12,15H,13H2,1-2H3,(H,24,29)/t15-/m0/s1. The number of hydrogen-bond acceptors (Lipinski definition) is 4. The Balaban J connectivity index is 1.51. The number of hydrogen-bond donors (Lipinski definition) is 1. The van der Waals surface area contributed by atoms with Crippen LogP contribution in [0.4, 0.5) is 16.3 Å². The van der Waals surface area contributed by atoms with Gasteiger partial charge in [0.15, 0.2) is 0 Å². The van der Waals surface area contributed by atoms with Crippen LogP contribution in [0.15, 0.2) is 60.7 Å². The average molecular weight is 438 g/mol. The molecule has 0 spiro atoms. The van der Waals surface area contributed by atoms with E-state index < -0.39 is 30.4 Å². The van der Waals surface area contributed by atoms with Crippen molar-refractivity contribution >= 4 is 41.0 Å². The zero-order valence-corrected chi connectivity index (χ0v) is 17.7. The summed E-state index contributed by atoms with van der Waals surface area (Å²) in [6.07, 6.45) is 0. The Bertz CT molecular complexity index is 1140. The molecule has 158 valence electrons. The van der Waals surface area contributed by atoms with Crippen LogP contribution in [-0.2, 0) is 9.59 Å². The predicted octanol–water partition coefficient (Wildman–Crippen LogP) is 3.63. The summed E-state index contributed by atoms with van der Waals surface area (Å²) in [5, 5.41) is 7.68. The molecule has 0 bridgehead atoms. The van der Waals surface area contributed by atoms with Crippen molar-refractivity contribution in [2.45, 2.75) is 19.9 Å². The van der Waals surface area contributed by atoms with Gasteiger partial charge in [-0.2, -0.15) is 5.10 Å². The van der Waals surface area contributed by atoms with Crippen LogP contribution in [0.25, 0.3) is 5.69 Å². The minimum atomic E-state index is -0.724. The first-order valence-electron chi connectivity index (χ1n) is 9.67. The van der Waals surface area contributed by atoms with Gasteiger partial charge in [-0.3, -0.25) is 19.4 Å². The molecular formula is C22H20ClN5O3. The summed E-state index contributed by atoms with van der Waals surface area (Å²) in [6, 6.07) is 16.4. The second-order valence-corrected chi connectivity index (χ2v) is 7.63. The highest BCUT2D eigenvalue weighted by Crippen LogP contribution is 2.27. The van der Waals surface area contributed by atoms with E-state index in [2.05, 4.69) is 10.4 Å². The molecule has 1 atom stereocenters. The van der Waals surface area contributed by atoms with Gasteiger partial charge in [0.25, 0.3) is 5.91 Å². The third-order valence-electron chi connectivity index (χ3n) is 4.95. The smallest absolute Gasteiger partial charge is 0.309 e. The molecule has 0 radical (unpaired) electrons. The Hall–Kier alpha value is -3.65. The van der Waals surface area contributed by atoms with Gasteiger partial charge in [-0.25, -0.2) is 9.48 Å². The first kappa shape index (κ1) is 20.6. The van der Waals surface area contributed by atoms with E-state index in [-0.39, 0.29) is 0 Å². The topological polar surface area (TPSA) is 87.5 Å². The van der Waals surface area contributed by atoms with Crippen LogP contribution >= 0.6 is 11.6 Å². The predicted molar refractivity (Wildman–Crippen MR) is 117 cm³/mol. The number of carbonyl (C=O) groups excluding carboxylic acids is 3. The van der Waals surface area contributed by atoms with Gasteiger partial charge in [-0.1, -0.05) is 29.8 Å². The van der Waals surface area contributed by atoms with E-state index in [4.69, 9.17) is 11.6 Å². The van der Waals surface area contributed by atoms with Crippen molar-refractivity contribution in [2.75, 3.05) is 16.8 Å². The Kier molecular flexibility index (Phi) is 5.48. The number of aromatic nitrogens is 2. The van der Waals surface area contributed by atoms with Gasteiger partial charge in [0, 0.05) is 16.8 Å². The summed E-state index contributed by atoms with van der Waals surface area (Å²) in [5.74, 6) is -0.484. The SMILES string of the molecule is Cc1cc(NC(=O)CN2C(=O)[C@H](C)N(c3ccc(Cl)cc3)C2=O)n(-c2ccccc2)n1. The van der Waals surface area contributed by atoms with Crippen molar-refractivity contribution in [3.05, 3.63) is 71.4 Å². The molecule has 3 aromatic rings. The Morgan fingerprint density at radius 1 is 1.06 bits per heavy atom. The first-order chi connectivity index (χ1) is 14.8. The number of amides is 4. The molecule has 2 aromatic carbocycles. The molecule has 1 aliphatic rings. The fourth-order valence-electron chi connectivity index (χ4n) is 3.49. The summed E-state index contributed by atoms with van der Waals surface area (Å²) in [6.45, 7) is 3.04. The lowest BCUT2D eigenvalue weighted by Crippen LogP contribution is -2.39. The number of benzene rings is 2. The molecule has 1 saturated heterocycles. The van der Waals surface area contributed by atoms with E-state index in [1.165, 1.54) is 4.90 Å². The molecule has 1 N–H and O–H groups in total. The molecular weight excluding hydrogens is 418 g/mol. The number of rotatable bonds is 5. The van der Waals surface area contributed by atoms with Crippen LogP contribution in [0.5, 0.6) is 0 Å².